The zero-order valence-electron chi connectivity index (χ0n) is 13.1. The van der Waals surface area contributed by atoms with Crippen molar-refractivity contribution in [3.05, 3.63) is 34.8 Å². The van der Waals surface area contributed by atoms with Gasteiger partial charge >= 0.3 is 5.97 Å². The van der Waals surface area contributed by atoms with Crippen LogP contribution in [0.25, 0.3) is 11.4 Å². The van der Waals surface area contributed by atoms with E-state index in [-0.39, 0.29) is 18.5 Å². The second-order valence-corrected chi connectivity index (χ2v) is 6.93. The van der Waals surface area contributed by atoms with Crippen molar-refractivity contribution in [3.8, 4) is 11.4 Å². The van der Waals surface area contributed by atoms with Gasteiger partial charge in [-0.15, -0.1) is 11.3 Å². The third-order valence-corrected chi connectivity index (χ3v) is 5.28. The number of thiazole rings is 1. The number of rotatable bonds is 4. The van der Waals surface area contributed by atoms with Crippen molar-refractivity contribution in [2.24, 2.45) is 11.8 Å². The third-order valence-electron chi connectivity index (χ3n) is 4.46. The van der Waals surface area contributed by atoms with Crippen LogP contribution in [0.5, 0.6) is 0 Å². The summed E-state index contributed by atoms with van der Waals surface area (Å²) in [5.74, 6) is 0.234. The molecule has 0 saturated carbocycles. The average Bonchev–Trinajstić information content (AvgIpc) is 3.27. The Labute approximate surface area is 143 Å². The van der Waals surface area contributed by atoms with Crippen LogP contribution in [0, 0.1) is 11.8 Å². The molecule has 3 atom stereocenters. The first kappa shape index (κ1) is 15.7. The summed E-state index contributed by atoms with van der Waals surface area (Å²) in [7, 11) is 0. The van der Waals surface area contributed by atoms with Crippen LogP contribution in [0.4, 0.5) is 0 Å². The minimum absolute atomic E-state index is 0.171. The van der Waals surface area contributed by atoms with Crippen LogP contribution in [0.3, 0.4) is 0 Å². The van der Waals surface area contributed by atoms with Crippen molar-refractivity contribution < 1.29 is 19.0 Å². The van der Waals surface area contributed by atoms with E-state index in [1.165, 1.54) is 11.3 Å². The molecular formula is C17H18N2O4S. The van der Waals surface area contributed by atoms with Crippen LogP contribution in [0.2, 0.25) is 0 Å². The van der Waals surface area contributed by atoms with Gasteiger partial charge < -0.3 is 14.2 Å². The summed E-state index contributed by atoms with van der Waals surface area (Å²) in [5.41, 5.74) is 1.61. The lowest BCUT2D eigenvalue weighted by molar-refractivity contribution is -0.158. The minimum Gasteiger partial charge on any atom is -0.456 e. The Morgan fingerprint density at radius 1 is 1.33 bits per heavy atom. The van der Waals surface area contributed by atoms with Crippen LogP contribution in [0.15, 0.2) is 29.8 Å². The van der Waals surface area contributed by atoms with Gasteiger partial charge in [0.1, 0.15) is 11.6 Å². The number of fused-ring (bicyclic) bond motifs is 1. The fourth-order valence-electron chi connectivity index (χ4n) is 3.20. The summed E-state index contributed by atoms with van der Waals surface area (Å²) in [6.07, 6.45) is 2.12. The Morgan fingerprint density at radius 3 is 3.17 bits per heavy atom. The van der Waals surface area contributed by atoms with E-state index in [4.69, 9.17) is 14.2 Å². The molecule has 2 aliphatic rings. The van der Waals surface area contributed by atoms with Gasteiger partial charge in [0.15, 0.2) is 6.10 Å². The summed E-state index contributed by atoms with van der Waals surface area (Å²) >= 11 is 1.46. The van der Waals surface area contributed by atoms with E-state index in [0.717, 1.165) is 22.8 Å². The monoisotopic (exact) mass is 346 g/mol. The molecule has 2 aliphatic heterocycles. The molecule has 0 bridgehead atoms. The predicted molar refractivity (Wildman–Crippen MR) is 87.3 cm³/mol. The minimum atomic E-state index is -0.464. The van der Waals surface area contributed by atoms with Gasteiger partial charge in [-0.2, -0.15) is 0 Å². The summed E-state index contributed by atoms with van der Waals surface area (Å²) in [5, 5.41) is 2.68. The Kier molecular flexibility index (Phi) is 4.55. The lowest BCUT2D eigenvalue weighted by Crippen LogP contribution is -2.35. The average molecular weight is 346 g/mol. The quantitative estimate of drug-likeness (QED) is 0.791. The molecule has 4 rings (SSSR count). The lowest BCUT2D eigenvalue weighted by atomic mass is 9.87. The summed E-state index contributed by atoms with van der Waals surface area (Å²) in [4.78, 5) is 21.1. The number of nitrogens with zero attached hydrogens (tertiary/aromatic N) is 2. The molecule has 2 aromatic heterocycles. The van der Waals surface area contributed by atoms with Crippen LogP contribution in [-0.2, 0) is 25.6 Å². The van der Waals surface area contributed by atoms with Crippen molar-refractivity contribution in [1.82, 2.24) is 9.97 Å². The van der Waals surface area contributed by atoms with Crippen LogP contribution in [0.1, 0.15) is 11.4 Å². The third kappa shape index (κ3) is 3.19. The van der Waals surface area contributed by atoms with E-state index < -0.39 is 6.10 Å². The van der Waals surface area contributed by atoms with Gasteiger partial charge in [0.05, 0.1) is 24.6 Å². The van der Waals surface area contributed by atoms with E-state index in [9.17, 15) is 4.79 Å². The van der Waals surface area contributed by atoms with Crippen molar-refractivity contribution >= 4 is 17.3 Å². The largest absolute Gasteiger partial charge is 0.456 e. The van der Waals surface area contributed by atoms with Gasteiger partial charge in [0.2, 0.25) is 0 Å². The summed E-state index contributed by atoms with van der Waals surface area (Å²) in [6, 6.07) is 5.69. The Bertz CT molecular complexity index is 706. The first-order chi connectivity index (χ1) is 11.8. The maximum atomic E-state index is 12.3. The van der Waals surface area contributed by atoms with Crippen LogP contribution in [-0.4, -0.2) is 41.9 Å². The topological polar surface area (TPSA) is 70.5 Å². The highest BCUT2D eigenvalue weighted by Gasteiger charge is 2.43. The zero-order valence-corrected chi connectivity index (χ0v) is 13.9. The van der Waals surface area contributed by atoms with Crippen molar-refractivity contribution in [1.29, 1.82) is 0 Å². The molecule has 7 heteroatoms. The molecule has 126 valence electrons. The van der Waals surface area contributed by atoms with Gasteiger partial charge in [-0.05, 0) is 18.6 Å². The summed E-state index contributed by atoms with van der Waals surface area (Å²) in [6.45, 7) is 2.11. The highest BCUT2D eigenvalue weighted by molar-refractivity contribution is 7.09. The SMILES string of the molecule is O=C(OCc1nc(-c2ccccn2)cs1)C1OCC2COCCC21. The Morgan fingerprint density at radius 2 is 2.29 bits per heavy atom. The molecule has 6 nitrogen and oxygen atoms in total. The number of aromatic nitrogens is 2. The van der Waals surface area contributed by atoms with Gasteiger partial charge in [-0.1, -0.05) is 6.07 Å². The molecule has 2 fully saturated rings. The van der Waals surface area contributed by atoms with E-state index in [0.29, 0.717) is 25.7 Å². The second-order valence-electron chi connectivity index (χ2n) is 5.99. The van der Waals surface area contributed by atoms with E-state index >= 15 is 0 Å². The first-order valence-corrected chi connectivity index (χ1v) is 8.91. The maximum Gasteiger partial charge on any atom is 0.335 e. The molecule has 24 heavy (non-hydrogen) atoms. The van der Waals surface area contributed by atoms with E-state index in [1.807, 2.05) is 23.6 Å². The Balaban J connectivity index is 1.35. The molecule has 0 aromatic carbocycles. The smallest absolute Gasteiger partial charge is 0.335 e. The zero-order chi connectivity index (χ0) is 16.4. The lowest BCUT2D eigenvalue weighted by Gasteiger charge is -2.26. The van der Waals surface area contributed by atoms with Gasteiger partial charge in [0, 0.05) is 30.0 Å². The Hall–Kier alpha value is -1.83. The molecule has 0 radical (unpaired) electrons. The van der Waals surface area contributed by atoms with E-state index in [2.05, 4.69) is 9.97 Å². The number of esters is 1. The molecule has 0 aliphatic carbocycles. The number of hydrogen-bond donors (Lipinski definition) is 0. The highest BCUT2D eigenvalue weighted by atomic mass is 32.1. The van der Waals surface area contributed by atoms with Crippen molar-refractivity contribution in [2.45, 2.75) is 19.1 Å². The first-order valence-electron chi connectivity index (χ1n) is 8.03. The number of hydrogen-bond acceptors (Lipinski definition) is 7. The van der Waals surface area contributed by atoms with Crippen molar-refractivity contribution in [3.63, 3.8) is 0 Å². The van der Waals surface area contributed by atoms with Crippen LogP contribution >= 0.6 is 11.3 Å². The fourth-order valence-corrected chi connectivity index (χ4v) is 3.90. The number of carbonyl (C=O) groups is 1. The molecular weight excluding hydrogens is 328 g/mol. The van der Waals surface area contributed by atoms with Gasteiger partial charge in [-0.25, -0.2) is 9.78 Å². The maximum absolute atomic E-state index is 12.3. The summed E-state index contributed by atoms with van der Waals surface area (Å²) < 4.78 is 16.5. The predicted octanol–water partition coefficient (Wildman–Crippen LogP) is 2.30. The molecule has 3 unspecified atom stereocenters. The van der Waals surface area contributed by atoms with Crippen molar-refractivity contribution in [2.75, 3.05) is 19.8 Å². The molecule has 2 aromatic rings. The van der Waals surface area contributed by atoms with Gasteiger partial charge in [0.25, 0.3) is 0 Å². The standard InChI is InChI=1S/C17H18N2O4S/c20-17(16-12-4-6-21-7-11(12)8-22-16)23-9-15-19-14(10-24-15)13-3-1-2-5-18-13/h1-3,5,10-12,16H,4,6-9H2. The van der Waals surface area contributed by atoms with Gasteiger partial charge in [-0.3, -0.25) is 4.98 Å². The number of carbonyl (C=O) groups excluding carboxylic acids is 1. The molecule has 0 N–H and O–H groups in total. The molecule has 0 amide bonds. The number of pyridine rings is 1. The fraction of sp³-hybridized carbons (Fsp3) is 0.471. The molecule has 0 spiro atoms. The normalized spacial score (nSPS) is 26.1. The number of ether oxygens (including phenoxy) is 3. The molecule has 2 saturated heterocycles. The molecule has 4 heterocycles. The highest BCUT2D eigenvalue weighted by Crippen LogP contribution is 2.34. The second kappa shape index (κ2) is 6.96. The van der Waals surface area contributed by atoms with E-state index in [1.54, 1.807) is 6.20 Å². The van der Waals surface area contributed by atoms with Crippen LogP contribution < -0.4 is 0 Å².